The Morgan fingerprint density at radius 3 is 2.24 bits per heavy atom. The lowest BCUT2D eigenvalue weighted by molar-refractivity contribution is -0.136. The van der Waals surface area contributed by atoms with Crippen LogP contribution in [-0.4, -0.2) is 35.1 Å². The number of carbonyl (C=O) groups excluding carboxylic acids is 1. The van der Waals surface area contributed by atoms with Crippen LogP contribution in [-0.2, 0) is 0 Å². The zero-order valence-corrected chi connectivity index (χ0v) is 18.9. The van der Waals surface area contributed by atoms with E-state index in [2.05, 4.69) is 10.3 Å². The van der Waals surface area contributed by atoms with Gasteiger partial charge in [-0.05, 0) is 61.6 Å². The van der Waals surface area contributed by atoms with Crippen molar-refractivity contribution < 1.29 is 18.0 Å². The Bertz CT molecular complexity index is 1060. The van der Waals surface area contributed by atoms with Gasteiger partial charge in [0.15, 0.2) is 0 Å². The van der Waals surface area contributed by atoms with Crippen molar-refractivity contribution in [3.8, 4) is 11.1 Å². The molecule has 0 saturated carbocycles. The predicted octanol–water partition coefficient (Wildman–Crippen LogP) is 6.87. The van der Waals surface area contributed by atoms with Crippen LogP contribution in [0.2, 0.25) is 0 Å². The molecule has 1 amide bonds. The zero-order valence-electron chi connectivity index (χ0n) is 18.9. The van der Waals surface area contributed by atoms with Crippen molar-refractivity contribution in [3.05, 3.63) is 84.2 Å². The van der Waals surface area contributed by atoms with E-state index >= 15 is 0 Å². The number of hydrogen-bond acceptors (Lipinski definition) is 3. The van der Waals surface area contributed by atoms with Crippen molar-refractivity contribution >= 4 is 11.6 Å². The van der Waals surface area contributed by atoms with Gasteiger partial charge in [-0.1, -0.05) is 36.4 Å². The fourth-order valence-electron chi connectivity index (χ4n) is 4.20. The highest BCUT2D eigenvalue weighted by atomic mass is 19.4. The molecule has 178 valence electrons. The van der Waals surface area contributed by atoms with E-state index in [1.54, 1.807) is 36.5 Å². The lowest BCUT2D eigenvalue weighted by Gasteiger charge is -2.27. The molecule has 0 unspecified atom stereocenters. The third kappa shape index (κ3) is 6.37. The molecule has 0 radical (unpaired) electrons. The zero-order chi connectivity index (χ0) is 24.0. The van der Waals surface area contributed by atoms with Crippen molar-refractivity contribution in [1.82, 2.24) is 9.88 Å². The number of hydrogen-bond donors (Lipinski definition) is 1. The Balaban J connectivity index is 1.49. The van der Waals surface area contributed by atoms with Gasteiger partial charge in [0, 0.05) is 42.5 Å². The van der Waals surface area contributed by atoms with Crippen molar-refractivity contribution in [1.29, 1.82) is 0 Å². The summed E-state index contributed by atoms with van der Waals surface area (Å²) in [6.45, 7) is 1.53. The SMILES string of the molecule is O=C(c1ccc(N[C@H](CCC(F)(F)F)c2ccc(-c3ccccc3)cn2)cc1)N1CCCCC1. The summed E-state index contributed by atoms with van der Waals surface area (Å²) >= 11 is 0. The van der Waals surface area contributed by atoms with Gasteiger partial charge in [-0.3, -0.25) is 9.78 Å². The quantitative estimate of drug-likeness (QED) is 0.412. The minimum absolute atomic E-state index is 0.00182. The van der Waals surface area contributed by atoms with Crippen LogP contribution in [0.1, 0.15) is 54.2 Å². The van der Waals surface area contributed by atoms with Gasteiger partial charge in [0.05, 0.1) is 11.7 Å². The molecule has 4 rings (SSSR count). The van der Waals surface area contributed by atoms with Gasteiger partial charge < -0.3 is 10.2 Å². The van der Waals surface area contributed by atoms with Crippen LogP contribution in [0.3, 0.4) is 0 Å². The normalized spacial score (nSPS) is 15.1. The number of halogens is 3. The van der Waals surface area contributed by atoms with Gasteiger partial charge in [0.25, 0.3) is 5.91 Å². The summed E-state index contributed by atoms with van der Waals surface area (Å²) in [4.78, 5) is 19.0. The molecule has 0 spiro atoms. The van der Waals surface area contributed by atoms with Crippen LogP contribution in [0.4, 0.5) is 18.9 Å². The van der Waals surface area contributed by atoms with Crippen LogP contribution in [0.5, 0.6) is 0 Å². The predicted molar refractivity (Wildman–Crippen MR) is 128 cm³/mol. The second-order valence-corrected chi connectivity index (χ2v) is 8.62. The van der Waals surface area contributed by atoms with Crippen LogP contribution in [0, 0.1) is 0 Å². The number of nitrogens with zero attached hydrogens (tertiary/aromatic N) is 2. The maximum absolute atomic E-state index is 13.0. The Morgan fingerprint density at radius 2 is 1.62 bits per heavy atom. The van der Waals surface area contributed by atoms with E-state index in [4.69, 9.17) is 0 Å². The van der Waals surface area contributed by atoms with E-state index in [0.29, 0.717) is 16.9 Å². The maximum Gasteiger partial charge on any atom is 0.389 e. The lowest BCUT2D eigenvalue weighted by Crippen LogP contribution is -2.35. The molecule has 1 N–H and O–H groups in total. The van der Waals surface area contributed by atoms with Crippen LogP contribution < -0.4 is 5.32 Å². The van der Waals surface area contributed by atoms with Gasteiger partial charge >= 0.3 is 6.18 Å². The largest absolute Gasteiger partial charge is 0.389 e. The number of carbonyl (C=O) groups is 1. The van der Waals surface area contributed by atoms with Gasteiger partial charge in [-0.2, -0.15) is 13.2 Å². The highest BCUT2D eigenvalue weighted by molar-refractivity contribution is 5.94. The van der Waals surface area contributed by atoms with Crippen molar-refractivity contribution in [2.45, 2.75) is 44.3 Å². The summed E-state index contributed by atoms with van der Waals surface area (Å²) < 4.78 is 39.0. The van der Waals surface area contributed by atoms with E-state index in [1.807, 2.05) is 41.3 Å². The molecule has 7 heteroatoms. The number of anilines is 1. The van der Waals surface area contributed by atoms with Gasteiger partial charge in [-0.15, -0.1) is 0 Å². The molecule has 0 aliphatic carbocycles. The Hall–Kier alpha value is -3.35. The second-order valence-electron chi connectivity index (χ2n) is 8.62. The van der Waals surface area contributed by atoms with Crippen molar-refractivity contribution in [3.63, 3.8) is 0 Å². The first-order valence-corrected chi connectivity index (χ1v) is 11.6. The molecule has 1 saturated heterocycles. The maximum atomic E-state index is 13.0. The number of benzene rings is 2. The molecule has 1 atom stereocenters. The molecular formula is C27H28F3N3O. The molecule has 2 aromatic carbocycles. The fraction of sp³-hybridized carbons (Fsp3) is 0.333. The molecule has 4 nitrogen and oxygen atoms in total. The standard InChI is InChI=1S/C27H28F3N3O/c28-27(29,30)16-15-25(24-14-11-22(19-31-24)20-7-3-1-4-8-20)32-23-12-9-21(10-13-23)26(34)33-17-5-2-6-18-33/h1,3-4,7-14,19,25,32H,2,5-6,15-18H2/t25-/m1/s1. The highest BCUT2D eigenvalue weighted by Crippen LogP contribution is 2.30. The smallest absolute Gasteiger partial charge is 0.377 e. The Labute approximate surface area is 197 Å². The fourth-order valence-corrected chi connectivity index (χ4v) is 4.20. The summed E-state index contributed by atoms with van der Waals surface area (Å²) in [5.41, 5.74) is 3.67. The first kappa shape index (κ1) is 23.8. The summed E-state index contributed by atoms with van der Waals surface area (Å²) in [5.74, 6) is -0.00182. The summed E-state index contributed by atoms with van der Waals surface area (Å²) in [6, 6.07) is 19.7. The summed E-state index contributed by atoms with van der Waals surface area (Å²) in [6.07, 6.45) is -0.452. The van der Waals surface area contributed by atoms with E-state index in [-0.39, 0.29) is 12.3 Å². The molecule has 3 aromatic rings. The van der Waals surface area contributed by atoms with Gasteiger partial charge in [-0.25, -0.2) is 0 Å². The molecule has 0 bridgehead atoms. The van der Waals surface area contributed by atoms with E-state index in [9.17, 15) is 18.0 Å². The van der Waals surface area contributed by atoms with E-state index < -0.39 is 18.6 Å². The topological polar surface area (TPSA) is 45.2 Å². The molecule has 2 heterocycles. The average Bonchev–Trinajstić information content (AvgIpc) is 2.87. The minimum Gasteiger partial charge on any atom is -0.377 e. The monoisotopic (exact) mass is 467 g/mol. The number of amides is 1. The van der Waals surface area contributed by atoms with E-state index in [0.717, 1.165) is 43.5 Å². The second kappa shape index (κ2) is 10.7. The van der Waals surface area contributed by atoms with Gasteiger partial charge in [0.1, 0.15) is 0 Å². The number of pyridine rings is 1. The minimum atomic E-state index is -4.26. The molecule has 1 aromatic heterocycles. The van der Waals surface area contributed by atoms with Crippen LogP contribution in [0.15, 0.2) is 72.9 Å². The summed E-state index contributed by atoms with van der Waals surface area (Å²) in [5, 5.41) is 3.19. The molecule has 34 heavy (non-hydrogen) atoms. The summed E-state index contributed by atoms with van der Waals surface area (Å²) in [7, 11) is 0. The van der Waals surface area contributed by atoms with Crippen LogP contribution >= 0.6 is 0 Å². The van der Waals surface area contributed by atoms with E-state index in [1.165, 1.54) is 0 Å². The van der Waals surface area contributed by atoms with Gasteiger partial charge in [0.2, 0.25) is 0 Å². The molecular weight excluding hydrogens is 439 g/mol. The molecule has 1 aliphatic rings. The number of rotatable bonds is 7. The van der Waals surface area contributed by atoms with Crippen molar-refractivity contribution in [2.24, 2.45) is 0 Å². The average molecular weight is 468 g/mol. The Morgan fingerprint density at radius 1 is 0.912 bits per heavy atom. The number of aromatic nitrogens is 1. The molecule has 1 fully saturated rings. The molecule has 1 aliphatic heterocycles. The Kier molecular flexibility index (Phi) is 7.50. The lowest BCUT2D eigenvalue weighted by atomic mass is 10.0. The number of piperidine rings is 1. The third-order valence-electron chi connectivity index (χ3n) is 6.08. The number of nitrogens with one attached hydrogen (secondary N) is 1. The third-order valence-corrected chi connectivity index (χ3v) is 6.08. The first-order valence-electron chi connectivity index (χ1n) is 11.6. The van der Waals surface area contributed by atoms with Crippen LogP contribution in [0.25, 0.3) is 11.1 Å². The number of alkyl halides is 3. The van der Waals surface area contributed by atoms with Crippen molar-refractivity contribution in [2.75, 3.05) is 18.4 Å². The number of likely N-dealkylation sites (tertiary alicyclic amines) is 1. The first-order chi connectivity index (χ1) is 16.4. The highest BCUT2D eigenvalue weighted by Gasteiger charge is 2.29.